The quantitative estimate of drug-likeness (QED) is 0.780. The van der Waals surface area contributed by atoms with E-state index in [1.165, 1.54) is 0 Å². The number of carbonyl (C=O) groups is 2. The number of rotatable bonds is 5. The predicted molar refractivity (Wildman–Crippen MR) is 61.1 cm³/mol. The minimum Gasteiger partial charge on any atom is -0.481 e. The first kappa shape index (κ1) is 13.0. The van der Waals surface area contributed by atoms with Crippen molar-refractivity contribution in [2.45, 2.75) is 52.0 Å². The third kappa shape index (κ3) is 2.97. The van der Waals surface area contributed by atoms with Gasteiger partial charge in [0.05, 0.1) is 5.92 Å². The van der Waals surface area contributed by atoms with Crippen molar-refractivity contribution < 1.29 is 14.7 Å². The molecule has 0 spiro atoms. The molecule has 0 saturated carbocycles. The summed E-state index contributed by atoms with van der Waals surface area (Å²) in [6.45, 7) is 4.54. The second-order valence-corrected chi connectivity index (χ2v) is 4.47. The summed E-state index contributed by atoms with van der Waals surface area (Å²) in [6.07, 6.45) is 3.78. The smallest absolute Gasteiger partial charge is 0.308 e. The number of aliphatic carboxylic acids is 1. The van der Waals surface area contributed by atoms with Crippen molar-refractivity contribution in [3.05, 3.63) is 0 Å². The lowest BCUT2D eigenvalue weighted by molar-refractivity contribution is -0.148. The molecule has 0 aromatic carbocycles. The second kappa shape index (κ2) is 5.87. The average Bonchev–Trinajstić information content (AvgIpc) is 2.26. The van der Waals surface area contributed by atoms with Crippen molar-refractivity contribution in [3.8, 4) is 0 Å². The van der Waals surface area contributed by atoms with Crippen molar-refractivity contribution >= 4 is 11.9 Å². The van der Waals surface area contributed by atoms with Gasteiger partial charge in [0.2, 0.25) is 5.91 Å². The number of carbonyl (C=O) groups excluding carboxylic acids is 1. The van der Waals surface area contributed by atoms with Crippen LogP contribution in [0, 0.1) is 5.92 Å². The molecule has 1 fully saturated rings. The van der Waals surface area contributed by atoms with Gasteiger partial charge in [0.1, 0.15) is 0 Å². The van der Waals surface area contributed by atoms with Crippen molar-refractivity contribution in [1.82, 2.24) is 4.90 Å². The Balaban J connectivity index is 2.67. The molecule has 0 bridgehead atoms. The van der Waals surface area contributed by atoms with Gasteiger partial charge in [-0.25, -0.2) is 0 Å². The molecule has 1 aliphatic rings. The molecule has 1 saturated heterocycles. The highest BCUT2D eigenvalue weighted by Crippen LogP contribution is 2.23. The summed E-state index contributed by atoms with van der Waals surface area (Å²) in [5.74, 6) is -1.02. The van der Waals surface area contributed by atoms with Crippen LogP contribution in [0.5, 0.6) is 0 Å². The van der Waals surface area contributed by atoms with Crippen molar-refractivity contribution in [2.75, 3.05) is 6.54 Å². The third-order valence-corrected chi connectivity index (χ3v) is 3.33. The molecule has 1 aliphatic heterocycles. The number of piperidine rings is 1. The first-order valence-electron chi connectivity index (χ1n) is 6.12. The molecule has 0 aromatic heterocycles. The molecule has 2 atom stereocenters. The molecule has 1 rings (SSSR count). The Morgan fingerprint density at radius 1 is 1.56 bits per heavy atom. The minimum atomic E-state index is -0.774. The Labute approximate surface area is 96.6 Å². The van der Waals surface area contributed by atoms with Crippen LogP contribution in [0.3, 0.4) is 0 Å². The molecule has 92 valence electrons. The van der Waals surface area contributed by atoms with E-state index in [-0.39, 0.29) is 17.9 Å². The summed E-state index contributed by atoms with van der Waals surface area (Å²) < 4.78 is 0. The van der Waals surface area contributed by atoms with Gasteiger partial charge >= 0.3 is 5.97 Å². The molecule has 1 N–H and O–H groups in total. The molecule has 1 amide bonds. The molecule has 0 aromatic rings. The van der Waals surface area contributed by atoms with Gasteiger partial charge in [-0.1, -0.05) is 20.3 Å². The molecule has 1 heterocycles. The fraction of sp³-hybridized carbons (Fsp3) is 0.833. The highest BCUT2D eigenvalue weighted by molar-refractivity contribution is 5.80. The van der Waals surface area contributed by atoms with Gasteiger partial charge in [-0.2, -0.15) is 0 Å². The standard InChI is InChI=1S/C12H21NO3/c1-3-5-10(4-2)13-8-9(12(15)16)6-7-11(13)14/h9-10H,3-8H2,1-2H3,(H,15,16). The topological polar surface area (TPSA) is 57.6 Å². The van der Waals surface area contributed by atoms with Crippen LogP contribution in [-0.4, -0.2) is 34.5 Å². The number of amides is 1. The summed E-state index contributed by atoms with van der Waals surface area (Å²) in [4.78, 5) is 24.5. The molecular formula is C12H21NO3. The van der Waals surface area contributed by atoms with Crippen LogP contribution in [-0.2, 0) is 9.59 Å². The zero-order valence-corrected chi connectivity index (χ0v) is 10.1. The predicted octanol–water partition coefficient (Wildman–Crippen LogP) is 1.89. The number of hydrogen-bond donors (Lipinski definition) is 1. The van der Waals surface area contributed by atoms with E-state index in [1.807, 2.05) is 0 Å². The van der Waals surface area contributed by atoms with Crippen LogP contribution < -0.4 is 0 Å². The van der Waals surface area contributed by atoms with Gasteiger partial charge in [0.25, 0.3) is 0 Å². The lowest BCUT2D eigenvalue weighted by Crippen LogP contribution is -2.47. The molecular weight excluding hydrogens is 206 g/mol. The van der Waals surface area contributed by atoms with Crippen LogP contribution in [0.25, 0.3) is 0 Å². The average molecular weight is 227 g/mol. The zero-order valence-electron chi connectivity index (χ0n) is 10.1. The summed E-state index contributed by atoms with van der Waals surface area (Å²) in [7, 11) is 0. The van der Waals surface area contributed by atoms with E-state index < -0.39 is 5.97 Å². The fourth-order valence-corrected chi connectivity index (χ4v) is 2.34. The maximum absolute atomic E-state index is 11.8. The van der Waals surface area contributed by atoms with E-state index in [0.717, 1.165) is 19.3 Å². The zero-order chi connectivity index (χ0) is 12.1. The molecule has 16 heavy (non-hydrogen) atoms. The highest BCUT2D eigenvalue weighted by atomic mass is 16.4. The summed E-state index contributed by atoms with van der Waals surface area (Å²) in [5, 5.41) is 8.99. The SMILES string of the molecule is CCCC(CC)N1CC(C(=O)O)CCC1=O. The van der Waals surface area contributed by atoms with Gasteiger partial charge in [-0.05, 0) is 19.3 Å². The maximum atomic E-state index is 11.8. The molecule has 4 nitrogen and oxygen atoms in total. The number of hydrogen-bond acceptors (Lipinski definition) is 2. The largest absolute Gasteiger partial charge is 0.481 e. The Kier molecular flexibility index (Phi) is 4.77. The number of carboxylic acid groups (broad SMARTS) is 1. The van der Waals surface area contributed by atoms with Crippen molar-refractivity contribution in [1.29, 1.82) is 0 Å². The van der Waals surface area contributed by atoms with E-state index in [9.17, 15) is 9.59 Å². The van der Waals surface area contributed by atoms with E-state index >= 15 is 0 Å². The van der Waals surface area contributed by atoms with Gasteiger partial charge < -0.3 is 10.0 Å². The van der Waals surface area contributed by atoms with Gasteiger partial charge in [0.15, 0.2) is 0 Å². The summed E-state index contributed by atoms with van der Waals surface area (Å²) >= 11 is 0. The van der Waals surface area contributed by atoms with E-state index in [1.54, 1.807) is 4.90 Å². The summed E-state index contributed by atoms with van der Waals surface area (Å²) in [6, 6.07) is 0.222. The Morgan fingerprint density at radius 3 is 2.75 bits per heavy atom. The monoisotopic (exact) mass is 227 g/mol. The van der Waals surface area contributed by atoms with Gasteiger partial charge in [-0.15, -0.1) is 0 Å². The first-order chi connectivity index (χ1) is 7.60. The second-order valence-electron chi connectivity index (χ2n) is 4.47. The van der Waals surface area contributed by atoms with E-state index in [4.69, 9.17) is 5.11 Å². The Morgan fingerprint density at radius 2 is 2.25 bits per heavy atom. The third-order valence-electron chi connectivity index (χ3n) is 3.33. The minimum absolute atomic E-state index is 0.123. The van der Waals surface area contributed by atoms with Gasteiger partial charge in [-0.3, -0.25) is 9.59 Å². The molecule has 4 heteroatoms. The fourth-order valence-electron chi connectivity index (χ4n) is 2.34. The Bertz CT molecular complexity index is 265. The van der Waals surface area contributed by atoms with Gasteiger partial charge in [0, 0.05) is 19.0 Å². The maximum Gasteiger partial charge on any atom is 0.308 e. The lowest BCUT2D eigenvalue weighted by atomic mass is 9.94. The van der Waals surface area contributed by atoms with Crippen LogP contribution in [0.1, 0.15) is 46.0 Å². The van der Waals surface area contributed by atoms with Crippen LogP contribution >= 0.6 is 0 Å². The number of likely N-dealkylation sites (tertiary alicyclic amines) is 1. The van der Waals surface area contributed by atoms with Crippen LogP contribution in [0.2, 0.25) is 0 Å². The molecule has 2 unspecified atom stereocenters. The van der Waals surface area contributed by atoms with Crippen LogP contribution in [0.4, 0.5) is 0 Å². The molecule has 0 radical (unpaired) electrons. The van der Waals surface area contributed by atoms with E-state index in [2.05, 4.69) is 13.8 Å². The molecule has 0 aliphatic carbocycles. The van der Waals surface area contributed by atoms with Crippen molar-refractivity contribution in [2.24, 2.45) is 5.92 Å². The first-order valence-corrected chi connectivity index (χ1v) is 6.12. The Hall–Kier alpha value is -1.06. The lowest BCUT2D eigenvalue weighted by Gasteiger charge is -2.36. The van der Waals surface area contributed by atoms with E-state index in [0.29, 0.717) is 19.4 Å². The van der Waals surface area contributed by atoms with Crippen molar-refractivity contribution in [3.63, 3.8) is 0 Å². The summed E-state index contributed by atoms with van der Waals surface area (Å²) in [5.41, 5.74) is 0. The number of nitrogens with zero attached hydrogens (tertiary/aromatic N) is 1. The van der Waals surface area contributed by atoms with Crippen LogP contribution in [0.15, 0.2) is 0 Å². The normalized spacial score (nSPS) is 23.2. The highest BCUT2D eigenvalue weighted by Gasteiger charge is 2.32. The number of carboxylic acids is 1.